The summed E-state index contributed by atoms with van der Waals surface area (Å²) >= 11 is 0. The summed E-state index contributed by atoms with van der Waals surface area (Å²) in [6, 6.07) is 9.88. The number of fused-ring (bicyclic) bond motifs is 1. The zero-order valence-electron chi connectivity index (χ0n) is 12.0. The van der Waals surface area contributed by atoms with Gasteiger partial charge in [0.15, 0.2) is 0 Å². The molecule has 21 heavy (non-hydrogen) atoms. The third-order valence-corrected chi connectivity index (χ3v) is 3.54. The minimum atomic E-state index is -0.145. The number of carbonyl (C=O) groups excluding carboxylic acids is 1. The van der Waals surface area contributed by atoms with Crippen LogP contribution in [0.4, 0.5) is 11.6 Å². The molecule has 0 spiro atoms. The molecule has 0 unspecified atom stereocenters. The van der Waals surface area contributed by atoms with Crippen LogP contribution >= 0.6 is 0 Å². The highest BCUT2D eigenvalue weighted by Gasteiger charge is 2.22. The van der Waals surface area contributed by atoms with Gasteiger partial charge in [0.05, 0.1) is 0 Å². The van der Waals surface area contributed by atoms with E-state index in [1.807, 2.05) is 19.1 Å². The molecule has 1 aliphatic heterocycles. The van der Waals surface area contributed by atoms with E-state index in [1.54, 1.807) is 12.3 Å². The molecule has 1 N–H and O–H groups in total. The van der Waals surface area contributed by atoms with Gasteiger partial charge in [-0.25, -0.2) is 9.97 Å². The Labute approximate surface area is 124 Å². The van der Waals surface area contributed by atoms with Crippen molar-refractivity contribution >= 4 is 17.5 Å². The van der Waals surface area contributed by atoms with Gasteiger partial charge < -0.3 is 10.2 Å². The van der Waals surface area contributed by atoms with E-state index in [0.717, 1.165) is 25.1 Å². The van der Waals surface area contributed by atoms with Crippen molar-refractivity contribution in [2.24, 2.45) is 0 Å². The largest absolute Gasteiger partial charge is 0.351 e. The Morgan fingerprint density at radius 1 is 1.33 bits per heavy atom. The molecule has 0 saturated heterocycles. The van der Waals surface area contributed by atoms with Crippen molar-refractivity contribution in [2.45, 2.75) is 19.8 Å². The molecule has 0 atom stereocenters. The Balaban J connectivity index is 1.86. The topological polar surface area (TPSA) is 58.1 Å². The van der Waals surface area contributed by atoms with Crippen LogP contribution in [0.5, 0.6) is 0 Å². The number of hydrogen-bond donors (Lipinski definition) is 1. The summed E-state index contributed by atoms with van der Waals surface area (Å²) in [4.78, 5) is 22.8. The lowest BCUT2D eigenvalue weighted by atomic mass is 10.2. The normalized spacial score (nSPS) is 13.1. The molecular formula is C16H18N4O. The van der Waals surface area contributed by atoms with Gasteiger partial charge in [-0.1, -0.05) is 25.1 Å². The monoisotopic (exact) mass is 282 g/mol. The molecule has 3 rings (SSSR count). The fraction of sp³-hybridized carbons (Fsp3) is 0.312. The summed E-state index contributed by atoms with van der Waals surface area (Å²) in [6.45, 7) is 3.52. The van der Waals surface area contributed by atoms with Crippen LogP contribution in [0.1, 0.15) is 29.4 Å². The SMILES string of the molecule is CCCNC(=O)c1ccnc(N2CCc3ccccc32)n1. The van der Waals surface area contributed by atoms with Crippen molar-refractivity contribution < 1.29 is 4.79 Å². The molecule has 1 aromatic heterocycles. The lowest BCUT2D eigenvalue weighted by molar-refractivity contribution is 0.0948. The first-order valence-corrected chi connectivity index (χ1v) is 7.26. The first kappa shape index (κ1) is 13.5. The maximum atomic E-state index is 12.0. The number of nitrogens with zero attached hydrogens (tertiary/aromatic N) is 3. The highest BCUT2D eigenvalue weighted by Crippen LogP contribution is 2.31. The van der Waals surface area contributed by atoms with Crippen LogP contribution in [0.2, 0.25) is 0 Å². The van der Waals surface area contributed by atoms with Crippen molar-refractivity contribution in [3.05, 3.63) is 47.8 Å². The van der Waals surface area contributed by atoms with Crippen molar-refractivity contribution in [2.75, 3.05) is 18.0 Å². The van der Waals surface area contributed by atoms with Gasteiger partial charge in [-0.3, -0.25) is 4.79 Å². The summed E-state index contributed by atoms with van der Waals surface area (Å²) in [5.74, 6) is 0.442. The molecule has 0 fully saturated rings. The smallest absolute Gasteiger partial charge is 0.270 e. The number of rotatable bonds is 4. The lowest BCUT2D eigenvalue weighted by Crippen LogP contribution is -2.26. The summed E-state index contributed by atoms with van der Waals surface area (Å²) in [5, 5.41) is 2.84. The summed E-state index contributed by atoms with van der Waals surface area (Å²) < 4.78 is 0. The number of benzene rings is 1. The second-order valence-corrected chi connectivity index (χ2v) is 5.03. The standard InChI is InChI=1S/C16H18N4O/c1-2-9-17-15(21)13-7-10-18-16(19-13)20-11-8-12-5-3-4-6-14(12)20/h3-7,10H,2,8-9,11H2,1H3,(H,17,21). The van der Waals surface area contributed by atoms with Gasteiger partial charge >= 0.3 is 0 Å². The summed E-state index contributed by atoms with van der Waals surface area (Å²) in [5.41, 5.74) is 2.84. The average molecular weight is 282 g/mol. The number of carbonyl (C=O) groups is 1. The molecule has 108 valence electrons. The zero-order chi connectivity index (χ0) is 14.7. The molecule has 0 saturated carbocycles. The second kappa shape index (κ2) is 5.91. The lowest BCUT2D eigenvalue weighted by Gasteiger charge is -2.17. The molecular weight excluding hydrogens is 264 g/mol. The Hall–Kier alpha value is -2.43. The molecule has 1 amide bonds. The minimum absolute atomic E-state index is 0.145. The minimum Gasteiger partial charge on any atom is -0.351 e. The van der Waals surface area contributed by atoms with Crippen LogP contribution in [0, 0.1) is 0 Å². The molecule has 1 aromatic carbocycles. The van der Waals surface area contributed by atoms with Crippen molar-refractivity contribution in [1.29, 1.82) is 0 Å². The number of hydrogen-bond acceptors (Lipinski definition) is 4. The van der Waals surface area contributed by atoms with Crippen LogP contribution < -0.4 is 10.2 Å². The molecule has 5 nitrogen and oxygen atoms in total. The van der Waals surface area contributed by atoms with Crippen molar-refractivity contribution in [3.8, 4) is 0 Å². The molecule has 5 heteroatoms. The van der Waals surface area contributed by atoms with Crippen LogP contribution in [-0.2, 0) is 6.42 Å². The molecule has 0 bridgehead atoms. The van der Waals surface area contributed by atoms with Gasteiger partial charge in [-0.05, 0) is 30.5 Å². The van der Waals surface area contributed by atoms with Crippen molar-refractivity contribution in [3.63, 3.8) is 0 Å². The second-order valence-electron chi connectivity index (χ2n) is 5.03. The Morgan fingerprint density at radius 2 is 2.19 bits per heavy atom. The van der Waals surface area contributed by atoms with E-state index in [1.165, 1.54) is 5.56 Å². The van der Waals surface area contributed by atoms with Gasteiger partial charge in [-0.2, -0.15) is 0 Å². The predicted octanol–water partition coefficient (Wildman–Crippen LogP) is 2.31. The van der Waals surface area contributed by atoms with Crippen molar-refractivity contribution in [1.82, 2.24) is 15.3 Å². The summed E-state index contributed by atoms with van der Waals surface area (Å²) in [7, 11) is 0. The quantitative estimate of drug-likeness (QED) is 0.935. The Kier molecular flexibility index (Phi) is 3.81. The predicted molar refractivity (Wildman–Crippen MR) is 81.8 cm³/mol. The molecule has 1 aliphatic rings. The summed E-state index contributed by atoms with van der Waals surface area (Å²) in [6.07, 6.45) is 3.53. The first-order valence-electron chi connectivity index (χ1n) is 7.26. The highest BCUT2D eigenvalue weighted by atomic mass is 16.1. The number of aromatic nitrogens is 2. The Morgan fingerprint density at radius 3 is 3.05 bits per heavy atom. The first-order chi connectivity index (χ1) is 10.3. The number of nitrogens with one attached hydrogen (secondary N) is 1. The van der Waals surface area contributed by atoms with Gasteiger partial charge in [0, 0.05) is 25.0 Å². The number of para-hydroxylation sites is 1. The average Bonchev–Trinajstić information content (AvgIpc) is 2.97. The maximum absolute atomic E-state index is 12.0. The van der Waals surface area contributed by atoms with E-state index in [9.17, 15) is 4.79 Å². The third-order valence-electron chi connectivity index (χ3n) is 3.54. The van der Waals surface area contributed by atoms with E-state index >= 15 is 0 Å². The number of amides is 1. The van der Waals surface area contributed by atoms with Crippen LogP contribution in [0.15, 0.2) is 36.5 Å². The maximum Gasteiger partial charge on any atom is 0.270 e. The molecule has 2 aromatic rings. The van der Waals surface area contributed by atoms with Gasteiger partial charge in [0.25, 0.3) is 5.91 Å². The number of anilines is 2. The van der Waals surface area contributed by atoms with E-state index < -0.39 is 0 Å². The van der Waals surface area contributed by atoms with Gasteiger partial charge in [-0.15, -0.1) is 0 Å². The third kappa shape index (κ3) is 2.72. The van der Waals surface area contributed by atoms with Gasteiger partial charge in [0.1, 0.15) is 5.69 Å². The zero-order valence-corrected chi connectivity index (χ0v) is 12.0. The molecule has 0 aliphatic carbocycles. The van der Waals surface area contributed by atoms with E-state index in [0.29, 0.717) is 18.2 Å². The fourth-order valence-corrected chi connectivity index (χ4v) is 2.48. The molecule has 2 heterocycles. The van der Waals surface area contributed by atoms with Gasteiger partial charge in [0.2, 0.25) is 5.95 Å². The highest BCUT2D eigenvalue weighted by molar-refractivity contribution is 5.92. The Bertz CT molecular complexity index is 656. The van der Waals surface area contributed by atoms with Crippen LogP contribution in [0.25, 0.3) is 0 Å². The van der Waals surface area contributed by atoms with E-state index in [4.69, 9.17) is 0 Å². The van der Waals surface area contributed by atoms with E-state index in [2.05, 4.69) is 32.3 Å². The van der Waals surface area contributed by atoms with E-state index in [-0.39, 0.29) is 5.91 Å². The van der Waals surface area contributed by atoms with Crippen LogP contribution in [0.3, 0.4) is 0 Å². The molecule has 0 radical (unpaired) electrons. The fourth-order valence-electron chi connectivity index (χ4n) is 2.48. The van der Waals surface area contributed by atoms with Crippen LogP contribution in [-0.4, -0.2) is 29.0 Å².